The molecule has 9 aromatic carbocycles. The van der Waals surface area contributed by atoms with E-state index < -0.39 is 0 Å². The molecule has 0 aliphatic carbocycles. The van der Waals surface area contributed by atoms with E-state index in [4.69, 9.17) is 0 Å². The summed E-state index contributed by atoms with van der Waals surface area (Å²) in [5.74, 6) is 0. The van der Waals surface area contributed by atoms with Crippen molar-refractivity contribution in [3.63, 3.8) is 0 Å². The molecule has 0 spiro atoms. The van der Waals surface area contributed by atoms with E-state index in [1.165, 1.54) is 81.8 Å². The van der Waals surface area contributed by atoms with Gasteiger partial charge in [0.25, 0.3) is 0 Å². The Morgan fingerprint density at radius 3 is 1.38 bits per heavy atom. The summed E-state index contributed by atoms with van der Waals surface area (Å²) in [4.78, 5) is 2.44. The molecule has 0 heterocycles. The minimum atomic E-state index is 1.15. The molecule has 0 aliphatic heterocycles. The van der Waals surface area contributed by atoms with E-state index in [1.54, 1.807) is 0 Å². The van der Waals surface area contributed by atoms with Crippen LogP contribution in [0.1, 0.15) is 11.1 Å². The van der Waals surface area contributed by atoms with Gasteiger partial charge in [-0.3, -0.25) is 0 Å². The van der Waals surface area contributed by atoms with Gasteiger partial charge in [-0.2, -0.15) is 0 Å². The lowest BCUT2D eigenvalue weighted by Crippen LogP contribution is -2.11. The Bertz CT molecular complexity index is 2420. The SMILES string of the molecule is Cc1ccc(N(c2ccc(C)cc2)c2c3ccccc3c(-c3ccc4ccc5cccc6ccc3c4c56)c3ccccc23)cc1. The highest BCUT2D eigenvalue weighted by Gasteiger charge is 2.23. The third kappa shape index (κ3) is 3.94. The lowest BCUT2D eigenvalue weighted by molar-refractivity contribution is 1.29. The van der Waals surface area contributed by atoms with E-state index in [-0.39, 0.29) is 0 Å². The van der Waals surface area contributed by atoms with Crippen LogP contribution in [0.4, 0.5) is 17.1 Å². The van der Waals surface area contributed by atoms with Crippen LogP contribution in [-0.2, 0) is 0 Å². The molecule has 0 amide bonds. The van der Waals surface area contributed by atoms with E-state index in [0.29, 0.717) is 0 Å². The van der Waals surface area contributed by atoms with Crippen molar-refractivity contribution in [3.05, 3.63) is 163 Å². The minimum Gasteiger partial charge on any atom is -0.309 e. The Hall–Kier alpha value is -5.66. The van der Waals surface area contributed by atoms with Gasteiger partial charge in [-0.25, -0.2) is 0 Å². The topological polar surface area (TPSA) is 3.24 Å². The van der Waals surface area contributed by atoms with Gasteiger partial charge in [-0.1, -0.05) is 139 Å². The highest BCUT2D eigenvalue weighted by Crippen LogP contribution is 2.50. The normalized spacial score (nSPS) is 11.8. The maximum Gasteiger partial charge on any atom is 0.0618 e. The number of nitrogens with zero attached hydrogens (tertiary/aromatic N) is 1. The third-order valence-electron chi connectivity index (χ3n) is 9.51. The Kier molecular flexibility index (Phi) is 5.70. The largest absolute Gasteiger partial charge is 0.309 e. The molecule has 0 atom stereocenters. The number of hydrogen-bond donors (Lipinski definition) is 0. The van der Waals surface area contributed by atoms with Crippen LogP contribution in [0.25, 0.3) is 65.0 Å². The first kappa shape index (κ1) is 25.8. The van der Waals surface area contributed by atoms with Crippen molar-refractivity contribution >= 4 is 70.9 Å². The predicted octanol–water partition coefficient (Wildman–Crippen LogP) is 12.6. The molecule has 0 radical (unpaired) electrons. The molecule has 0 unspecified atom stereocenters. The average Bonchev–Trinajstić information content (AvgIpc) is 3.09. The zero-order valence-electron chi connectivity index (χ0n) is 25.4. The van der Waals surface area contributed by atoms with Crippen molar-refractivity contribution in [2.24, 2.45) is 0 Å². The van der Waals surface area contributed by atoms with Crippen LogP contribution < -0.4 is 4.90 Å². The zero-order chi connectivity index (χ0) is 30.1. The summed E-state index contributed by atoms with van der Waals surface area (Å²) < 4.78 is 0. The third-order valence-corrected chi connectivity index (χ3v) is 9.51. The number of aryl methyl sites for hydroxylation is 2. The molecular weight excluding hydrogens is 542 g/mol. The van der Waals surface area contributed by atoms with Gasteiger partial charge in [0.1, 0.15) is 0 Å². The van der Waals surface area contributed by atoms with Crippen LogP contribution in [0, 0.1) is 13.8 Å². The van der Waals surface area contributed by atoms with Crippen molar-refractivity contribution < 1.29 is 0 Å². The lowest BCUT2D eigenvalue weighted by Gasteiger charge is -2.30. The Morgan fingerprint density at radius 2 is 0.822 bits per heavy atom. The fourth-order valence-corrected chi connectivity index (χ4v) is 7.38. The van der Waals surface area contributed by atoms with Gasteiger partial charge in [0, 0.05) is 22.1 Å². The van der Waals surface area contributed by atoms with Gasteiger partial charge in [0.05, 0.1) is 5.69 Å². The smallest absolute Gasteiger partial charge is 0.0618 e. The first-order valence-corrected chi connectivity index (χ1v) is 15.7. The highest BCUT2D eigenvalue weighted by molar-refractivity contribution is 6.29. The van der Waals surface area contributed by atoms with Crippen LogP contribution in [0.15, 0.2) is 152 Å². The first-order chi connectivity index (χ1) is 22.2. The van der Waals surface area contributed by atoms with Crippen LogP contribution >= 0.6 is 0 Å². The molecule has 1 heteroatoms. The zero-order valence-corrected chi connectivity index (χ0v) is 25.4. The van der Waals surface area contributed by atoms with Gasteiger partial charge in [0.2, 0.25) is 0 Å². The van der Waals surface area contributed by atoms with Crippen LogP contribution in [-0.4, -0.2) is 0 Å². The maximum absolute atomic E-state index is 2.44. The van der Waals surface area contributed by atoms with Crippen molar-refractivity contribution in [1.29, 1.82) is 0 Å². The summed E-state index contributed by atoms with van der Waals surface area (Å²) >= 11 is 0. The molecule has 212 valence electrons. The summed E-state index contributed by atoms with van der Waals surface area (Å²) in [5.41, 5.74) is 8.57. The number of fused-ring (bicyclic) bond motifs is 2. The number of hydrogen-bond acceptors (Lipinski definition) is 1. The van der Waals surface area contributed by atoms with Crippen LogP contribution in [0.2, 0.25) is 0 Å². The molecule has 9 rings (SSSR count). The molecular formula is C44H31N. The summed E-state index contributed by atoms with van der Waals surface area (Å²) in [7, 11) is 0. The average molecular weight is 574 g/mol. The van der Waals surface area contributed by atoms with Crippen molar-refractivity contribution in [1.82, 2.24) is 0 Å². The fraction of sp³-hybridized carbons (Fsp3) is 0.0455. The van der Waals surface area contributed by atoms with E-state index in [2.05, 4.69) is 170 Å². The van der Waals surface area contributed by atoms with Crippen molar-refractivity contribution in [2.75, 3.05) is 4.90 Å². The maximum atomic E-state index is 2.44. The standard InChI is InChI=1S/C44H31N/c1-28-14-22-33(23-15-28)45(34-24-16-29(2)17-25-34)44-39-12-5-3-10-35(39)43(36-11-4-6-13-40(36)44)38-27-21-32-19-18-30-8-7-9-31-20-26-37(38)42(32)41(30)31/h3-27H,1-2H3. The predicted molar refractivity (Wildman–Crippen MR) is 195 cm³/mol. The molecule has 9 aromatic rings. The van der Waals surface area contributed by atoms with E-state index in [1.807, 2.05) is 0 Å². The number of benzene rings is 9. The molecule has 0 saturated carbocycles. The van der Waals surface area contributed by atoms with E-state index >= 15 is 0 Å². The fourth-order valence-electron chi connectivity index (χ4n) is 7.38. The highest BCUT2D eigenvalue weighted by atomic mass is 15.1. The molecule has 45 heavy (non-hydrogen) atoms. The Balaban J connectivity index is 1.42. The van der Waals surface area contributed by atoms with Crippen molar-refractivity contribution in [3.8, 4) is 11.1 Å². The molecule has 1 nitrogen and oxygen atoms in total. The van der Waals surface area contributed by atoms with E-state index in [9.17, 15) is 0 Å². The first-order valence-electron chi connectivity index (χ1n) is 15.7. The molecule has 0 fully saturated rings. The second kappa shape index (κ2) is 9.94. The molecule has 0 aromatic heterocycles. The van der Waals surface area contributed by atoms with Gasteiger partial charge < -0.3 is 4.90 Å². The molecule has 0 N–H and O–H groups in total. The monoisotopic (exact) mass is 573 g/mol. The van der Waals surface area contributed by atoms with E-state index in [0.717, 1.165) is 11.4 Å². The molecule has 0 aliphatic rings. The molecule has 0 bridgehead atoms. The lowest BCUT2D eigenvalue weighted by atomic mass is 9.85. The summed E-state index contributed by atoms with van der Waals surface area (Å²) in [6, 6.07) is 56.2. The van der Waals surface area contributed by atoms with Gasteiger partial charge in [-0.05, 0) is 92.3 Å². The second-order valence-corrected chi connectivity index (χ2v) is 12.3. The number of rotatable bonds is 4. The van der Waals surface area contributed by atoms with Gasteiger partial charge >= 0.3 is 0 Å². The Morgan fingerprint density at radius 1 is 0.356 bits per heavy atom. The van der Waals surface area contributed by atoms with Crippen LogP contribution in [0.5, 0.6) is 0 Å². The quantitative estimate of drug-likeness (QED) is 0.149. The summed E-state index contributed by atoms with van der Waals surface area (Å²) in [6.45, 7) is 4.30. The van der Waals surface area contributed by atoms with Gasteiger partial charge in [-0.15, -0.1) is 0 Å². The summed E-state index contributed by atoms with van der Waals surface area (Å²) in [5, 5.41) is 12.8. The Labute approximate surface area is 262 Å². The number of anilines is 3. The minimum absolute atomic E-state index is 1.15. The van der Waals surface area contributed by atoms with Crippen LogP contribution in [0.3, 0.4) is 0 Å². The van der Waals surface area contributed by atoms with Crippen molar-refractivity contribution in [2.45, 2.75) is 13.8 Å². The molecule has 0 saturated heterocycles. The van der Waals surface area contributed by atoms with Gasteiger partial charge in [0.15, 0.2) is 0 Å². The second-order valence-electron chi connectivity index (χ2n) is 12.3. The summed E-state index contributed by atoms with van der Waals surface area (Å²) in [6.07, 6.45) is 0.